The van der Waals surface area contributed by atoms with Crippen LogP contribution in [0.15, 0.2) is 78.7 Å². The van der Waals surface area contributed by atoms with Crippen molar-refractivity contribution < 1.29 is 30.0 Å². The van der Waals surface area contributed by atoms with E-state index >= 15 is 0 Å². The van der Waals surface area contributed by atoms with Crippen LogP contribution in [0.25, 0.3) is 43.6 Å². The van der Waals surface area contributed by atoms with E-state index in [-0.39, 0.29) is 31.6 Å². The van der Waals surface area contributed by atoms with E-state index in [4.69, 9.17) is 10.1 Å². The molecule has 0 unspecified atom stereocenters. The SMILES string of the molecule is CC(=O)/C=C(/C)O.Cc1c(C(C)C)ccc2c(-c3[c-]c4ccc5ccccc5c4c(C(C)C)c3)nccc12.[Ir]. The Balaban J connectivity index is 0.000000468. The van der Waals surface area contributed by atoms with Gasteiger partial charge in [0, 0.05) is 38.1 Å². The molecule has 0 spiro atoms. The predicted molar refractivity (Wildman–Crippen MR) is 161 cm³/mol. The van der Waals surface area contributed by atoms with Gasteiger partial charge in [0.05, 0.1) is 5.76 Å². The van der Waals surface area contributed by atoms with E-state index in [9.17, 15) is 4.79 Å². The topological polar surface area (TPSA) is 50.2 Å². The summed E-state index contributed by atoms with van der Waals surface area (Å²) in [5.41, 5.74) is 6.21. The summed E-state index contributed by atoms with van der Waals surface area (Å²) in [5, 5.41) is 15.9. The molecule has 1 radical (unpaired) electrons. The maximum Gasteiger partial charge on any atom is 0.155 e. The van der Waals surface area contributed by atoms with E-state index in [1.54, 1.807) is 0 Å². The van der Waals surface area contributed by atoms with Crippen LogP contribution in [0.4, 0.5) is 0 Å². The molecule has 3 nitrogen and oxygen atoms in total. The number of aliphatic hydroxyl groups excluding tert-OH is 1. The maximum atomic E-state index is 10.0. The van der Waals surface area contributed by atoms with Gasteiger partial charge in [-0.1, -0.05) is 81.1 Å². The molecular formula is C35H36IrNO2-. The average Bonchev–Trinajstić information content (AvgIpc) is 2.87. The zero-order valence-corrected chi connectivity index (χ0v) is 26.1. The van der Waals surface area contributed by atoms with Gasteiger partial charge in [0.2, 0.25) is 0 Å². The number of carbonyl (C=O) groups excluding carboxylic acids is 1. The maximum absolute atomic E-state index is 10.0. The fraction of sp³-hybridized carbons (Fsp3) is 0.257. The Morgan fingerprint density at radius 3 is 2.18 bits per heavy atom. The molecule has 0 atom stereocenters. The normalized spacial score (nSPS) is 11.6. The largest absolute Gasteiger partial charge is 0.512 e. The number of carbonyl (C=O) groups is 1. The molecule has 1 aromatic heterocycles. The second-order valence-electron chi connectivity index (χ2n) is 10.6. The van der Waals surface area contributed by atoms with Gasteiger partial charge in [-0.05, 0) is 71.3 Å². The number of hydrogen-bond donors (Lipinski definition) is 1. The van der Waals surface area contributed by atoms with Gasteiger partial charge in [-0.2, -0.15) is 0 Å². The summed E-state index contributed by atoms with van der Waals surface area (Å²) in [6, 6.07) is 25.8. The van der Waals surface area contributed by atoms with Crippen LogP contribution in [-0.4, -0.2) is 15.9 Å². The van der Waals surface area contributed by atoms with Crippen LogP contribution in [0.5, 0.6) is 0 Å². The number of rotatable bonds is 4. The van der Waals surface area contributed by atoms with Crippen LogP contribution in [0.2, 0.25) is 0 Å². The first-order valence-electron chi connectivity index (χ1n) is 13.2. The summed E-state index contributed by atoms with van der Waals surface area (Å²) in [6.07, 6.45) is 3.11. The van der Waals surface area contributed by atoms with E-state index < -0.39 is 0 Å². The van der Waals surface area contributed by atoms with Gasteiger partial charge in [0.15, 0.2) is 5.78 Å². The molecule has 5 rings (SSSR count). The first-order chi connectivity index (χ1) is 18.1. The molecule has 0 aliphatic rings. The van der Waals surface area contributed by atoms with Crippen molar-refractivity contribution in [2.75, 3.05) is 0 Å². The molecule has 203 valence electrons. The molecule has 0 bridgehead atoms. The minimum Gasteiger partial charge on any atom is -0.512 e. The number of pyridine rings is 1. The molecule has 39 heavy (non-hydrogen) atoms. The molecule has 0 saturated carbocycles. The fourth-order valence-electron chi connectivity index (χ4n) is 5.24. The number of benzene rings is 4. The van der Waals surface area contributed by atoms with Crippen LogP contribution in [0, 0.1) is 13.0 Å². The molecule has 1 N–H and O–H groups in total. The third-order valence-corrected chi connectivity index (χ3v) is 6.95. The molecular weight excluding hydrogens is 659 g/mol. The second kappa shape index (κ2) is 12.7. The molecule has 0 fully saturated rings. The zero-order valence-electron chi connectivity index (χ0n) is 23.7. The van der Waals surface area contributed by atoms with Gasteiger partial charge in [0.25, 0.3) is 0 Å². The Kier molecular flexibility index (Phi) is 9.82. The van der Waals surface area contributed by atoms with E-state index in [0.29, 0.717) is 11.8 Å². The van der Waals surface area contributed by atoms with Gasteiger partial charge < -0.3 is 5.11 Å². The van der Waals surface area contributed by atoms with Crippen molar-refractivity contribution in [3.63, 3.8) is 0 Å². The van der Waals surface area contributed by atoms with Crippen molar-refractivity contribution in [2.24, 2.45) is 0 Å². The molecule has 4 aromatic carbocycles. The number of aryl methyl sites for hydroxylation is 1. The van der Waals surface area contributed by atoms with E-state index in [1.807, 2.05) is 6.20 Å². The number of aromatic nitrogens is 1. The van der Waals surface area contributed by atoms with Crippen molar-refractivity contribution >= 4 is 38.1 Å². The molecule has 4 heteroatoms. The van der Waals surface area contributed by atoms with Gasteiger partial charge in [-0.3, -0.25) is 9.78 Å². The van der Waals surface area contributed by atoms with Crippen molar-refractivity contribution in [2.45, 2.75) is 60.3 Å². The summed E-state index contributed by atoms with van der Waals surface area (Å²) in [4.78, 5) is 14.8. The number of nitrogens with zero attached hydrogens (tertiary/aromatic N) is 1. The summed E-state index contributed by atoms with van der Waals surface area (Å²) in [7, 11) is 0. The number of allylic oxidation sites excluding steroid dienone is 2. The molecule has 1 heterocycles. The average molecular weight is 695 g/mol. The fourth-order valence-corrected chi connectivity index (χ4v) is 5.24. The monoisotopic (exact) mass is 695 g/mol. The summed E-state index contributed by atoms with van der Waals surface area (Å²) >= 11 is 0. The Labute approximate surface area is 245 Å². The molecule has 0 aliphatic heterocycles. The summed E-state index contributed by atoms with van der Waals surface area (Å²) < 4.78 is 0. The standard InChI is InChI=1S/C30H28N.C5H8O2.Ir/c1-18(2)24-12-13-27-25(20(24)5)14-15-31-30(27)23-16-22-11-10-21-8-6-7-9-26(21)29(22)28(17-23)19(3)4;1-4(6)3-5(2)7;/h6-15,17-19H,1-5H3;3,6H,1-2H3;/q-1;;/b;4-3-;. The van der Waals surface area contributed by atoms with E-state index in [0.717, 1.165) is 16.6 Å². The Morgan fingerprint density at radius 2 is 1.56 bits per heavy atom. The van der Waals surface area contributed by atoms with Crippen LogP contribution in [0.1, 0.15) is 70.1 Å². The third kappa shape index (κ3) is 6.46. The van der Waals surface area contributed by atoms with Crippen molar-refractivity contribution in [1.29, 1.82) is 0 Å². The Hall–Kier alpha value is -3.33. The van der Waals surface area contributed by atoms with Crippen LogP contribution in [0.3, 0.4) is 0 Å². The van der Waals surface area contributed by atoms with Gasteiger partial charge >= 0.3 is 0 Å². The van der Waals surface area contributed by atoms with E-state index in [1.165, 1.54) is 63.5 Å². The van der Waals surface area contributed by atoms with Gasteiger partial charge in [-0.25, -0.2) is 0 Å². The van der Waals surface area contributed by atoms with Crippen molar-refractivity contribution in [3.8, 4) is 11.3 Å². The van der Waals surface area contributed by atoms with E-state index in [2.05, 4.69) is 101 Å². The van der Waals surface area contributed by atoms with Crippen molar-refractivity contribution in [1.82, 2.24) is 4.98 Å². The van der Waals surface area contributed by atoms with Crippen molar-refractivity contribution in [3.05, 3.63) is 101 Å². The minimum atomic E-state index is -0.125. The quantitative estimate of drug-likeness (QED) is 0.0883. The first kappa shape index (κ1) is 30.2. The van der Waals surface area contributed by atoms with Gasteiger partial charge in [0.1, 0.15) is 0 Å². The zero-order chi connectivity index (χ0) is 27.6. The second-order valence-corrected chi connectivity index (χ2v) is 10.6. The predicted octanol–water partition coefficient (Wildman–Crippen LogP) is 9.60. The Morgan fingerprint density at radius 1 is 0.872 bits per heavy atom. The molecule has 0 amide bonds. The van der Waals surface area contributed by atoms with Gasteiger partial charge in [-0.15, -0.1) is 29.1 Å². The smallest absolute Gasteiger partial charge is 0.155 e. The van der Waals surface area contributed by atoms with Crippen LogP contribution < -0.4 is 0 Å². The number of hydrogen-bond acceptors (Lipinski definition) is 3. The minimum absolute atomic E-state index is 0. The Bertz CT molecular complexity index is 1680. The van der Waals surface area contributed by atoms with Crippen LogP contribution >= 0.6 is 0 Å². The summed E-state index contributed by atoms with van der Waals surface area (Å²) in [6.45, 7) is 14.1. The molecule has 0 aliphatic carbocycles. The number of ketones is 1. The molecule has 5 aromatic rings. The first-order valence-corrected chi connectivity index (χ1v) is 13.2. The molecule has 0 saturated heterocycles. The summed E-state index contributed by atoms with van der Waals surface area (Å²) in [5.74, 6) is 0.854. The van der Waals surface area contributed by atoms with Crippen LogP contribution in [-0.2, 0) is 24.9 Å². The third-order valence-electron chi connectivity index (χ3n) is 6.95. The number of aliphatic hydroxyl groups is 1. The number of fused-ring (bicyclic) bond motifs is 4.